The lowest BCUT2D eigenvalue weighted by Crippen LogP contribution is -2.44. The minimum Gasteiger partial charge on any atom is -0.355 e. The number of hydrogen-bond acceptors (Lipinski definition) is 3. The second kappa shape index (κ2) is 4.23. The Morgan fingerprint density at radius 1 is 1.57 bits per heavy atom. The molecule has 1 atom stereocenters. The number of aromatic nitrogens is 2. The van der Waals surface area contributed by atoms with Gasteiger partial charge in [0.1, 0.15) is 6.04 Å². The second-order valence-electron chi connectivity index (χ2n) is 3.38. The third-order valence-corrected chi connectivity index (χ3v) is 2.29. The van der Waals surface area contributed by atoms with E-state index in [2.05, 4.69) is 15.7 Å². The summed E-state index contributed by atoms with van der Waals surface area (Å²) in [5.41, 5.74) is 0. The van der Waals surface area contributed by atoms with Crippen molar-refractivity contribution in [1.29, 1.82) is 0 Å². The standard InChI is InChI=1S/C9H14N4O/c14-9-8(10-3-1-4-11-9)7-13-6-2-5-12-13/h2,5-6,8,10H,1,3-4,7H2,(H,11,14). The van der Waals surface area contributed by atoms with Crippen molar-refractivity contribution in [2.24, 2.45) is 0 Å². The predicted molar refractivity (Wildman–Crippen MR) is 51.6 cm³/mol. The molecule has 14 heavy (non-hydrogen) atoms. The van der Waals surface area contributed by atoms with Crippen LogP contribution in [0.4, 0.5) is 0 Å². The third-order valence-electron chi connectivity index (χ3n) is 2.29. The molecule has 1 saturated heterocycles. The Balaban J connectivity index is 1.98. The zero-order valence-electron chi connectivity index (χ0n) is 7.94. The molecule has 2 N–H and O–H groups in total. The average molecular weight is 194 g/mol. The van der Waals surface area contributed by atoms with E-state index >= 15 is 0 Å². The van der Waals surface area contributed by atoms with E-state index in [0.717, 1.165) is 19.5 Å². The lowest BCUT2D eigenvalue weighted by molar-refractivity contribution is -0.123. The molecule has 0 aromatic carbocycles. The number of hydrogen-bond donors (Lipinski definition) is 2. The van der Waals surface area contributed by atoms with E-state index in [4.69, 9.17) is 0 Å². The number of carbonyl (C=O) groups is 1. The molecule has 1 aromatic heterocycles. The van der Waals surface area contributed by atoms with Gasteiger partial charge >= 0.3 is 0 Å². The van der Waals surface area contributed by atoms with Crippen LogP contribution >= 0.6 is 0 Å². The van der Waals surface area contributed by atoms with Gasteiger partial charge in [0.25, 0.3) is 0 Å². The summed E-state index contributed by atoms with van der Waals surface area (Å²) in [5.74, 6) is 0.0676. The molecule has 0 radical (unpaired) electrons. The molecule has 1 aliphatic rings. The number of carbonyl (C=O) groups excluding carboxylic acids is 1. The van der Waals surface area contributed by atoms with Crippen LogP contribution in [0.1, 0.15) is 6.42 Å². The Morgan fingerprint density at radius 3 is 3.29 bits per heavy atom. The van der Waals surface area contributed by atoms with Crippen LogP contribution in [-0.2, 0) is 11.3 Å². The van der Waals surface area contributed by atoms with Gasteiger partial charge in [-0.25, -0.2) is 0 Å². The Morgan fingerprint density at radius 2 is 2.50 bits per heavy atom. The van der Waals surface area contributed by atoms with E-state index in [9.17, 15) is 4.79 Å². The van der Waals surface area contributed by atoms with Crippen molar-refractivity contribution in [3.05, 3.63) is 18.5 Å². The van der Waals surface area contributed by atoms with Crippen molar-refractivity contribution < 1.29 is 4.79 Å². The van der Waals surface area contributed by atoms with E-state index in [1.807, 2.05) is 12.3 Å². The summed E-state index contributed by atoms with van der Waals surface area (Å²) in [6, 6.07) is 1.70. The minimum absolute atomic E-state index is 0.0676. The maximum Gasteiger partial charge on any atom is 0.239 e. The molecule has 2 heterocycles. The SMILES string of the molecule is O=C1NCCCNC1Cn1cccn1. The lowest BCUT2D eigenvalue weighted by Gasteiger charge is -2.13. The molecule has 76 valence electrons. The predicted octanol–water partition coefficient (Wildman–Crippen LogP) is -0.639. The maximum atomic E-state index is 11.5. The van der Waals surface area contributed by atoms with Gasteiger partial charge in [-0.1, -0.05) is 0 Å². The molecule has 1 fully saturated rings. The van der Waals surface area contributed by atoms with Gasteiger partial charge in [0.2, 0.25) is 5.91 Å². The smallest absolute Gasteiger partial charge is 0.239 e. The fraction of sp³-hybridized carbons (Fsp3) is 0.556. The van der Waals surface area contributed by atoms with Gasteiger partial charge in [-0.15, -0.1) is 0 Å². The molecule has 2 rings (SSSR count). The van der Waals surface area contributed by atoms with Gasteiger partial charge in [0.05, 0.1) is 6.54 Å². The first kappa shape index (κ1) is 9.21. The number of nitrogens with zero attached hydrogens (tertiary/aromatic N) is 2. The van der Waals surface area contributed by atoms with Crippen LogP contribution in [0.25, 0.3) is 0 Å². The summed E-state index contributed by atoms with van der Waals surface area (Å²) >= 11 is 0. The monoisotopic (exact) mass is 194 g/mol. The molecule has 1 amide bonds. The van der Waals surface area contributed by atoms with E-state index in [1.165, 1.54) is 0 Å². The maximum absolute atomic E-state index is 11.5. The second-order valence-corrected chi connectivity index (χ2v) is 3.38. The Kier molecular flexibility index (Phi) is 2.78. The highest BCUT2D eigenvalue weighted by Gasteiger charge is 2.20. The first-order valence-electron chi connectivity index (χ1n) is 4.85. The van der Waals surface area contributed by atoms with Crippen LogP contribution in [0.15, 0.2) is 18.5 Å². The molecule has 0 aliphatic carbocycles. The van der Waals surface area contributed by atoms with Crippen LogP contribution in [0.5, 0.6) is 0 Å². The fourth-order valence-corrected chi connectivity index (χ4v) is 1.54. The topological polar surface area (TPSA) is 59.0 Å². The molecular weight excluding hydrogens is 180 g/mol. The third kappa shape index (κ3) is 2.11. The highest BCUT2D eigenvalue weighted by Crippen LogP contribution is 1.95. The largest absolute Gasteiger partial charge is 0.355 e. The molecule has 1 aromatic rings. The van der Waals surface area contributed by atoms with Gasteiger partial charge in [-0.3, -0.25) is 9.48 Å². The van der Waals surface area contributed by atoms with E-state index in [-0.39, 0.29) is 11.9 Å². The fourth-order valence-electron chi connectivity index (χ4n) is 1.54. The molecule has 0 bridgehead atoms. The summed E-state index contributed by atoms with van der Waals surface area (Å²) in [7, 11) is 0. The first-order valence-corrected chi connectivity index (χ1v) is 4.85. The quantitative estimate of drug-likeness (QED) is 0.658. The van der Waals surface area contributed by atoms with E-state index in [1.54, 1.807) is 10.9 Å². The molecule has 1 unspecified atom stereocenters. The van der Waals surface area contributed by atoms with Crippen molar-refractivity contribution in [2.75, 3.05) is 13.1 Å². The van der Waals surface area contributed by atoms with E-state index < -0.39 is 0 Å². The summed E-state index contributed by atoms with van der Waals surface area (Å²) in [6.45, 7) is 2.24. The zero-order valence-corrected chi connectivity index (χ0v) is 7.94. The molecule has 0 saturated carbocycles. The number of nitrogens with one attached hydrogen (secondary N) is 2. The Labute approximate surface area is 82.5 Å². The lowest BCUT2D eigenvalue weighted by atomic mass is 10.3. The first-order chi connectivity index (χ1) is 6.86. The molecule has 1 aliphatic heterocycles. The van der Waals surface area contributed by atoms with Crippen molar-refractivity contribution in [2.45, 2.75) is 19.0 Å². The van der Waals surface area contributed by atoms with Gasteiger partial charge in [0, 0.05) is 18.9 Å². The van der Waals surface area contributed by atoms with Crippen LogP contribution in [0, 0.1) is 0 Å². The molecule has 5 heteroatoms. The zero-order chi connectivity index (χ0) is 9.80. The number of amides is 1. The highest BCUT2D eigenvalue weighted by atomic mass is 16.2. The van der Waals surface area contributed by atoms with Crippen molar-refractivity contribution in [3.8, 4) is 0 Å². The minimum atomic E-state index is -0.155. The summed E-state index contributed by atoms with van der Waals surface area (Å²) in [5, 5.41) is 10.1. The van der Waals surface area contributed by atoms with Crippen LogP contribution in [-0.4, -0.2) is 34.8 Å². The number of rotatable bonds is 2. The van der Waals surface area contributed by atoms with Crippen LogP contribution in [0.2, 0.25) is 0 Å². The molecule has 5 nitrogen and oxygen atoms in total. The Bertz CT molecular complexity index is 296. The van der Waals surface area contributed by atoms with Gasteiger partial charge in [-0.05, 0) is 19.0 Å². The van der Waals surface area contributed by atoms with Crippen molar-refractivity contribution in [1.82, 2.24) is 20.4 Å². The molecular formula is C9H14N4O. The van der Waals surface area contributed by atoms with Gasteiger partial charge in [0.15, 0.2) is 0 Å². The van der Waals surface area contributed by atoms with Crippen molar-refractivity contribution >= 4 is 5.91 Å². The normalized spacial score (nSPS) is 22.9. The molecule has 0 spiro atoms. The average Bonchev–Trinajstić information content (AvgIpc) is 2.60. The van der Waals surface area contributed by atoms with E-state index in [0.29, 0.717) is 6.54 Å². The van der Waals surface area contributed by atoms with Gasteiger partial charge < -0.3 is 10.6 Å². The van der Waals surface area contributed by atoms with Crippen LogP contribution < -0.4 is 10.6 Å². The van der Waals surface area contributed by atoms with Crippen molar-refractivity contribution in [3.63, 3.8) is 0 Å². The van der Waals surface area contributed by atoms with Crippen LogP contribution in [0.3, 0.4) is 0 Å². The summed E-state index contributed by atoms with van der Waals surface area (Å²) in [6.07, 6.45) is 4.57. The highest BCUT2D eigenvalue weighted by molar-refractivity contribution is 5.81. The summed E-state index contributed by atoms with van der Waals surface area (Å²) in [4.78, 5) is 11.5. The Hall–Kier alpha value is -1.36. The summed E-state index contributed by atoms with van der Waals surface area (Å²) < 4.78 is 1.77. The van der Waals surface area contributed by atoms with Gasteiger partial charge in [-0.2, -0.15) is 5.10 Å².